The highest BCUT2D eigenvalue weighted by Gasteiger charge is 2.16. The van der Waals surface area contributed by atoms with Crippen LogP contribution >= 0.6 is 0 Å². The van der Waals surface area contributed by atoms with Crippen molar-refractivity contribution in [2.45, 2.75) is 4.90 Å². The zero-order valence-electron chi connectivity index (χ0n) is 12.8. The number of hydrogen-bond acceptors (Lipinski definition) is 5. The number of para-hydroxylation sites is 2. The molecule has 7 nitrogen and oxygen atoms in total. The van der Waals surface area contributed by atoms with Crippen LogP contribution in [0.3, 0.4) is 0 Å². The minimum absolute atomic E-state index is 0.168. The maximum Gasteiger partial charge on any atom is 0.255 e. The monoisotopic (exact) mass is 386 g/mol. The van der Waals surface area contributed by atoms with Gasteiger partial charge in [0.1, 0.15) is 10.6 Å². The first-order chi connectivity index (χ1) is 11.7. The quantitative estimate of drug-likeness (QED) is 0.756. The van der Waals surface area contributed by atoms with Crippen LogP contribution in [0.15, 0.2) is 58.8 Å². The van der Waals surface area contributed by atoms with Crippen LogP contribution in [-0.2, 0) is 20.0 Å². The standard InChI is InChI=1S/C15H15FN2O5S2/c16-11-23-14-7-3-1-5-12(14)9-10-24(19,20)18-13-6-2-4-8-15(13)25(17,21)22/h1-10,18H,11H2,(H2,17,21,22)/b10-9+. The molecule has 134 valence electrons. The number of nitrogens with one attached hydrogen (secondary N) is 1. The molecular weight excluding hydrogens is 371 g/mol. The molecule has 0 atom stereocenters. The summed E-state index contributed by atoms with van der Waals surface area (Å²) in [6.07, 6.45) is 1.20. The van der Waals surface area contributed by atoms with Crippen molar-refractivity contribution in [3.8, 4) is 5.75 Å². The zero-order valence-corrected chi connectivity index (χ0v) is 14.4. The molecule has 0 spiro atoms. The highest BCUT2D eigenvalue weighted by Crippen LogP contribution is 2.23. The summed E-state index contributed by atoms with van der Waals surface area (Å²) in [5, 5.41) is 5.87. The lowest BCUT2D eigenvalue weighted by atomic mass is 10.2. The Morgan fingerprint density at radius 3 is 2.36 bits per heavy atom. The summed E-state index contributed by atoms with van der Waals surface area (Å²) in [4.78, 5) is -0.354. The number of benzene rings is 2. The first-order valence-electron chi connectivity index (χ1n) is 6.83. The number of ether oxygens (including phenoxy) is 1. The molecule has 0 aromatic heterocycles. The molecule has 2 aromatic carbocycles. The van der Waals surface area contributed by atoms with E-state index in [1.54, 1.807) is 12.1 Å². The number of halogens is 1. The van der Waals surface area contributed by atoms with Gasteiger partial charge in [0.05, 0.1) is 11.1 Å². The first kappa shape index (κ1) is 18.9. The summed E-state index contributed by atoms with van der Waals surface area (Å²) in [6, 6.07) is 11.6. The normalized spacial score (nSPS) is 12.2. The average Bonchev–Trinajstić information content (AvgIpc) is 2.53. The van der Waals surface area contributed by atoms with Gasteiger partial charge < -0.3 is 4.74 Å². The van der Waals surface area contributed by atoms with E-state index in [1.807, 2.05) is 0 Å². The second kappa shape index (κ2) is 7.64. The van der Waals surface area contributed by atoms with Crippen molar-refractivity contribution >= 4 is 31.8 Å². The third-order valence-corrected chi connectivity index (χ3v) is 4.97. The van der Waals surface area contributed by atoms with Gasteiger partial charge in [0.25, 0.3) is 10.0 Å². The van der Waals surface area contributed by atoms with Gasteiger partial charge in [0, 0.05) is 5.56 Å². The zero-order chi connectivity index (χ0) is 18.5. The topological polar surface area (TPSA) is 116 Å². The van der Waals surface area contributed by atoms with E-state index >= 15 is 0 Å². The predicted molar refractivity (Wildman–Crippen MR) is 92.4 cm³/mol. The van der Waals surface area contributed by atoms with Crippen LogP contribution in [-0.4, -0.2) is 23.7 Å². The van der Waals surface area contributed by atoms with Crippen LogP contribution in [0, 0.1) is 0 Å². The highest BCUT2D eigenvalue weighted by atomic mass is 32.2. The summed E-state index contributed by atoms with van der Waals surface area (Å²) in [5.74, 6) is 0.168. The Hall–Kier alpha value is -2.43. The van der Waals surface area contributed by atoms with E-state index < -0.39 is 26.9 Å². The van der Waals surface area contributed by atoms with E-state index in [-0.39, 0.29) is 16.3 Å². The molecule has 0 heterocycles. The van der Waals surface area contributed by atoms with E-state index in [1.165, 1.54) is 42.5 Å². The second-order valence-electron chi connectivity index (χ2n) is 4.78. The predicted octanol–water partition coefficient (Wildman–Crippen LogP) is 2.05. The molecule has 3 N–H and O–H groups in total. The summed E-state index contributed by atoms with van der Waals surface area (Å²) >= 11 is 0. The van der Waals surface area contributed by atoms with Crippen molar-refractivity contribution in [1.29, 1.82) is 0 Å². The summed E-state index contributed by atoms with van der Waals surface area (Å²) in [6.45, 7) is -1.06. The molecule has 0 saturated carbocycles. The van der Waals surface area contributed by atoms with Gasteiger partial charge in [-0.1, -0.05) is 30.3 Å². The van der Waals surface area contributed by atoms with Gasteiger partial charge in [0.2, 0.25) is 16.9 Å². The van der Waals surface area contributed by atoms with Crippen LogP contribution < -0.4 is 14.6 Å². The van der Waals surface area contributed by atoms with Crippen molar-refractivity contribution in [3.05, 3.63) is 59.5 Å². The Morgan fingerprint density at radius 1 is 1.04 bits per heavy atom. The second-order valence-corrected chi connectivity index (χ2v) is 7.88. The fraction of sp³-hybridized carbons (Fsp3) is 0.0667. The van der Waals surface area contributed by atoms with E-state index in [2.05, 4.69) is 4.72 Å². The lowest BCUT2D eigenvalue weighted by molar-refractivity contribution is 0.191. The third-order valence-electron chi connectivity index (χ3n) is 3.00. The van der Waals surface area contributed by atoms with E-state index in [0.29, 0.717) is 5.56 Å². The fourth-order valence-electron chi connectivity index (χ4n) is 1.96. The van der Waals surface area contributed by atoms with Gasteiger partial charge in [0.15, 0.2) is 0 Å². The highest BCUT2D eigenvalue weighted by molar-refractivity contribution is 7.95. The van der Waals surface area contributed by atoms with Gasteiger partial charge >= 0.3 is 0 Å². The molecule has 2 rings (SSSR count). The van der Waals surface area contributed by atoms with Gasteiger partial charge in [-0.25, -0.2) is 26.4 Å². The van der Waals surface area contributed by atoms with E-state index in [4.69, 9.17) is 9.88 Å². The van der Waals surface area contributed by atoms with Crippen LogP contribution in [0.2, 0.25) is 0 Å². The molecule has 0 saturated heterocycles. The van der Waals surface area contributed by atoms with Crippen molar-refractivity contribution in [3.63, 3.8) is 0 Å². The van der Waals surface area contributed by atoms with Crippen molar-refractivity contribution in [2.75, 3.05) is 11.6 Å². The van der Waals surface area contributed by atoms with Crippen molar-refractivity contribution in [2.24, 2.45) is 5.14 Å². The van der Waals surface area contributed by atoms with Gasteiger partial charge in [-0.2, -0.15) is 0 Å². The Labute approximate surface area is 145 Å². The molecule has 0 unspecified atom stereocenters. The van der Waals surface area contributed by atoms with Gasteiger partial charge in [-0.05, 0) is 24.3 Å². The first-order valence-corrected chi connectivity index (χ1v) is 9.93. The minimum atomic E-state index is -4.10. The summed E-state index contributed by atoms with van der Waals surface area (Å²) in [5.41, 5.74) is 0.160. The molecule has 0 aliphatic rings. The SMILES string of the molecule is NS(=O)(=O)c1ccccc1NS(=O)(=O)/C=C/c1ccccc1OCF. The van der Waals surface area contributed by atoms with Crippen molar-refractivity contribution in [1.82, 2.24) is 0 Å². The molecule has 2 aromatic rings. The molecule has 0 fully saturated rings. The van der Waals surface area contributed by atoms with Gasteiger partial charge in [-0.3, -0.25) is 4.72 Å². The summed E-state index contributed by atoms with van der Waals surface area (Å²) in [7, 11) is -8.15. The van der Waals surface area contributed by atoms with E-state index in [9.17, 15) is 21.2 Å². The molecule has 0 radical (unpaired) electrons. The number of alkyl halides is 1. The van der Waals surface area contributed by atoms with Gasteiger partial charge in [-0.15, -0.1) is 0 Å². The molecule has 0 aliphatic carbocycles. The van der Waals surface area contributed by atoms with Crippen LogP contribution in [0.1, 0.15) is 5.56 Å². The minimum Gasteiger partial charge on any atom is -0.462 e. The Bertz CT molecular complexity index is 988. The maximum absolute atomic E-state index is 12.3. The Morgan fingerprint density at radius 2 is 1.68 bits per heavy atom. The molecule has 0 amide bonds. The smallest absolute Gasteiger partial charge is 0.255 e. The number of sulfonamides is 2. The van der Waals surface area contributed by atoms with Crippen LogP contribution in [0.4, 0.5) is 10.1 Å². The average molecular weight is 386 g/mol. The Balaban J connectivity index is 2.30. The molecule has 0 bridgehead atoms. The van der Waals surface area contributed by atoms with Crippen LogP contribution in [0.5, 0.6) is 5.75 Å². The molecular formula is C15H15FN2O5S2. The summed E-state index contributed by atoms with van der Waals surface area (Å²) < 4.78 is 66.6. The lowest BCUT2D eigenvalue weighted by Crippen LogP contribution is -2.17. The number of primary sulfonamides is 1. The molecule has 0 aliphatic heterocycles. The third kappa shape index (κ3) is 5.28. The largest absolute Gasteiger partial charge is 0.462 e. The maximum atomic E-state index is 12.3. The molecule has 10 heteroatoms. The van der Waals surface area contributed by atoms with Crippen molar-refractivity contribution < 1.29 is 26.0 Å². The van der Waals surface area contributed by atoms with E-state index in [0.717, 1.165) is 5.41 Å². The molecule has 25 heavy (non-hydrogen) atoms. The number of nitrogens with two attached hydrogens (primary N) is 1. The number of rotatable bonds is 7. The Kier molecular flexibility index (Phi) is 5.77. The number of anilines is 1. The number of hydrogen-bond donors (Lipinski definition) is 2. The fourth-order valence-corrected chi connectivity index (χ4v) is 3.59. The van der Waals surface area contributed by atoms with Crippen LogP contribution in [0.25, 0.3) is 6.08 Å². The lowest BCUT2D eigenvalue weighted by Gasteiger charge is -2.09.